The summed E-state index contributed by atoms with van der Waals surface area (Å²) in [6.07, 6.45) is 11.0. The normalized spacial score (nSPS) is 14.6. The third kappa shape index (κ3) is 5.76. The molecule has 3 rings (SSSR count). The van der Waals surface area contributed by atoms with Crippen LogP contribution in [0.1, 0.15) is 50.0 Å². The van der Waals surface area contributed by atoms with Crippen LogP contribution in [0.2, 0.25) is 0 Å². The van der Waals surface area contributed by atoms with Crippen LogP contribution in [0.5, 0.6) is 0 Å². The lowest BCUT2D eigenvalue weighted by molar-refractivity contribution is 0.252. The first-order chi connectivity index (χ1) is 12.8. The van der Waals surface area contributed by atoms with Crippen LogP contribution in [0.3, 0.4) is 0 Å². The van der Waals surface area contributed by atoms with Crippen molar-refractivity contribution in [3.63, 3.8) is 0 Å². The van der Waals surface area contributed by atoms with E-state index in [1.54, 1.807) is 12.4 Å². The molecule has 1 saturated carbocycles. The van der Waals surface area contributed by atoms with Gasteiger partial charge in [0.15, 0.2) is 0 Å². The number of carbonyl (C=O) groups excluding carboxylic acids is 1. The molecular formula is C21H28N4O. The number of benzene rings is 1. The molecule has 0 radical (unpaired) electrons. The lowest BCUT2D eigenvalue weighted by Gasteiger charge is -2.22. The number of hydrogen-bond acceptors (Lipinski definition) is 3. The Hall–Kier alpha value is -2.56. The quantitative estimate of drug-likeness (QED) is 0.630. The molecule has 2 aromatic rings. The Balaban J connectivity index is 1.34. The second-order valence-electron chi connectivity index (χ2n) is 6.86. The van der Waals surface area contributed by atoms with E-state index < -0.39 is 0 Å². The molecule has 5 heteroatoms. The fraction of sp³-hybridized carbons (Fsp3) is 0.429. The van der Waals surface area contributed by atoms with Crippen LogP contribution in [0.25, 0.3) is 0 Å². The van der Waals surface area contributed by atoms with Crippen molar-refractivity contribution in [3.05, 3.63) is 54.4 Å². The molecule has 0 aliphatic heterocycles. The highest BCUT2D eigenvalue weighted by molar-refractivity contribution is 5.89. The number of pyridine rings is 1. The zero-order chi connectivity index (χ0) is 18.0. The number of hydrogen-bond donors (Lipinski definition) is 3. The topological polar surface area (TPSA) is 66.0 Å². The highest BCUT2D eigenvalue weighted by Gasteiger charge is 2.15. The number of nitrogens with one attached hydrogen (secondary N) is 3. The number of urea groups is 1. The third-order valence-electron chi connectivity index (χ3n) is 4.87. The molecule has 1 aliphatic carbocycles. The second-order valence-corrected chi connectivity index (χ2v) is 6.86. The Morgan fingerprint density at radius 1 is 1.00 bits per heavy atom. The van der Waals surface area contributed by atoms with Crippen LogP contribution in [-0.4, -0.2) is 24.1 Å². The maximum atomic E-state index is 12.0. The standard InChI is InChI=1S/C21H28N4O/c26-21(24-15-5-14-23-20-8-4-13-22-16-20)25-19-11-9-18(10-12-19)17-6-2-1-3-7-17/h4,8-13,16-17,23H,1-3,5-7,14-15H2,(H2,24,25,26). The highest BCUT2D eigenvalue weighted by atomic mass is 16.2. The van der Waals surface area contributed by atoms with E-state index in [4.69, 9.17) is 0 Å². The van der Waals surface area contributed by atoms with Gasteiger partial charge in [-0.25, -0.2) is 4.79 Å². The van der Waals surface area contributed by atoms with Gasteiger partial charge in [-0.1, -0.05) is 31.4 Å². The first-order valence-corrected chi connectivity index (χ1v) is 9.60. The fourth-order valence-corrected chi connectivity index (χ4v) is 3.44. The summed E-state index contributed by atoms with van der Waals surface area (Å²) >= 11 is 0. The summed E-state index contributed by atoms with van der Waals surface area (Å²) in [4.78, 5) is 16.0. The van der Waals surface area contributed by atoms with Crippen molar-refractivity contribution in [2.45, 2.75) is 44.4 Å². The number of rotatable bonds is 7. The van der Waals surface area contributed by atoms with Crippen molar-refractivity contribution in [3.8, 4) is 0 Å². The Morgan fingerprint density at radius 2 is 1.81 bits per heavy atom. The first kappa shape index (κ1) is 18.2. The Labute approximate surface area is 155 Å². The average molecular weight is 352 g/mol. The predicted molar refractivity (Wildman–Crippen MR) is 107 cm³/mol. The minimum Gasteiger partial charge on any atom is -0.384 e. The number of anilines is 2. The molecule has 26 heavy (non-hydrogen) atoms. The van der Waals surface area contributed by atoms with Crippen molar-refractivity contribution in [2.24, 2.45) is 0 Å². The van der Waals surface area contributed by atoms with Gasteiger partial charge in [-0.05, 0) is 55.0 Å². The SMILES string of the molecule is O=C(NCCCNc1cccnc1)Nc1ccc(C2CCCCC2)cc1. The van der Waals surface area contributed by atoms with Crippen LogP contribution in [-0.2, 0) is 0 Å². The van der Waals surface area contributed by atoms with Crippen LogP contribution in [0.15, 0.2) is 48.8 Å². The molecule has 0 atom stereocenters. The van der Waals surface area contributed by atoms with Gasteiger partial charge in [-0.3, -0.25) is 4.98 Å². The maximum absolute atomic E-state index is 12.0. The minimum absolute atomic E-state index is 0.156. The zero-order valence-corrected chi connectivity index (χ0v) is 15.2. The van der Waals surface area contributed by atoms with Crippen molar-refractivity contribution in [1.29, 1.82) is 0 Å². The molecule has 3 N–H and O–H groups in total. The van der Waals surface area contributed by atoms with Gasteiger partial charge in [0.2, 0.25) is 0 Å². The van der Waals surface area contributed by atoms with E-state index in [0.29, 0.717) is 12.5 Å². The van der Waals surface area contributed by atoms with Crippen molar-refractivity contribution in [2.75, 3.05) is 23.7 Å². The third-order valence-corrected chi connectivity index (χ3v) is 4.87. The molecule has 1 heterocycles. The van der Waals surface area contributed by atoms with E-state index >= 15 is 0 Å². The molecule has 1 aliphatic rings. The minimum atomic E-state index is -0.156. The summed E-state index contributed by atoms with van der Waals surface area (Å²) in [6.45, 7) is 1.42. The van der Waals surface area contributed by atoms with Gasteiger partial charge in [-0.15, -0.1) is 0 Å². The van der Waals surface area contributed by atoms with Crippen LogP contribution in [0, 0.1) is 0 Å². The number of nitrogens with zero attached hydrogens (tertiary/aromatic N) is 1. The monoisotopic (exact) mass is 352 g/mol. The fourth-order valence-electron chi connectivity index (χ4n) is 3.44. The summed E-state index contributed by atoms with van der Waals surface area (Å²) < 4.78 is 0. The summed E-state index contributed by atoms with van der Waals surface area (Å²) in [5.74, 6) is 0.693. The maximum Gasteiger partial charge on any atom is 0.319 e. The van der Waals surface area contributed by atoms with Crippen LogP contribution >= 0.6 is 0 Å². The van der Waals surface area contributed by atoms with Gasteiger partial charge >= 0.3 is 6.03 Å². The largest absolute Gasteiger partial charge is 0.384 e. The highest BCUT2D eigenvalue weighted by Crippen LogP contribution is 2.32. The van der Waals surface area contributed by atoms with Gasteiger partial charge < -0.3 is 16.0 Å². The molecule has 138 valence electrons. The van der Waals surface area contributed by atoms with Crippen molar-refractivity contribution in [1.82, 2.24) is 10.3 Å². The lowest BCUT2D eigenvalue weighted by atomic mass is 9.84. The number of aromatic nitrogens is 1. The van der Waals surface area contributed by atoms with Crippen LogP contribution < -0.4 is 16.0 Å². The van der Waals surface area contributed by atoms with Gasteiger partial charge in [0.1, 0.15) is 0 Å². The van der Waals surface area contributed by atoms with Gasteiger partial charge in [-0.2, -0.15) is 0 Å². The van der Waals surface area contributed by atoms with E-state index in [0.717, 1.165) is 24.3 Å². The Kier molecular flexibility index (Phi) is 6.88. The van der Waals surface area contributed by atoms with Gasteiger partial charge in [0.05, 0.1) is 5.69 Å². The Morgan fingerprint density at radius 3 is 2.54 bits per heavy atom. The van der Waals surface area contributed by atoms with Crippen LogP contribution in [0.4, 0.5) is 16.2 Å². The molecule has 0 unspecified atom stereocenters. The summed E-state index contributed by atoms with van der Waals surface area (Å²) in [5, 5.41) is 9.06. The van der Waals surface area contributed by atoms with E-state index in [1.807, 2.05) is 24.3 Å². The van der Waals surface area contributed by atoms with Crippen molar-refractivity contribution >= 4 is 17.4 Å². The average Bonchev–Trinajstić information content (AvgIpc) is 2.70. The molecule has 1 aromatic heterocycles. The van der Waals surface area contributed by atoms with E-state index in [1.165, 1.54) is 37.7 Å². The van der Waals surface area contributed by atoms with Gasteiger partial charge in [0.25, 0.3) is 0 Å². The smallest absolute Gasteiger partial charge is 0.319 e. The summed E-state index contributed by atoms with van der Waals surface area (Å²) in [6, 6.07) is 12.0. The summed E-state index contributed by atoms with van der Waals surface area (Å²) in [5.41, 5.74) is 3.24. The van der Waals surface area contributed by atoms with Gasteiger partial charge in [0, 0.05) is 31.2 Å². The lowest BCUT2D eigenvalue weighted by Crippen LogP contribution is -2.30. The van der Waals surface area contributed by atoms with E-state index in [-0.39, 0.29) is 6.03 Å². The first-order valence-electron chi connectivity index (χ1n) is 9.60. The molecule has 1 aromatic carbocycles. The van der Waals surface area contributed by atoms with Crippen molar-refractivity contribution < 1.29 is 4.79 Å². The molecule has 5 nitrogen and oxygen atoms in total. The molecule has 0 spiro atoms. The van der Waals surface area contributed by atoms with E-state index in [2.05, 4.69) is 33.1 Å². The molecule has 0 saturated heterocycles. The number of carbonyl (C=O) groups is 1. The van der Waals surface area contributed by atoms with E-state index in [9.17, 15) is 4.79 Å². The molecule has 2 amide bonds. The summed E-state index contributed by atoms with van der Waals surface area (Å²) in [7, 11) is 0. The zero-order valence-electron chi connectivity index (χ0n) is 15.2. The molecular weight excluding hydrogens is 324 g/mol. The molecule has 0 bridgehead atoms. The number of amides is 2. The predicted octanol–water partition coefficient (Wildman–Crippen LogP) is 4.75. The Bertz CT molecular complexity index is 666. The second kappa shape index (κ2) is 9.80. The molecule has 1 fully saturated rings.